The van der Waals surface area contributed by atoms with Crippen LogP contribution in [-0.4, -0.2) is 10.6 Å². The van der Waals surface area contributed by atoms with Gasteiger partial charge in [-0.1, -0.05) is 6.07 Å². The van der Waals surface area contributed by atoms with E-state index in [1.165, 1.54) is 27.8 Å². The molecule has 0 amide bonds. The predicted octanol–water partition coefficient (Wildman–Crippen LogP) is 4.85. The van der Waals surface area contributed by atoms with Gasteiger partial charge in [0, 0.05) is 12.4 Å². The van der Waals surface area contributed by atoms with E-state index < -0.39 is 0 Å². The van der Waals surface area contributed by atoms with Crippen LogP contribution in [0.3, 0.4) is 0 Å². The Kier molecular flexibility index (Phi) is 3.85. The van der Waals surface area contributed by atoms with Gasteiger partial charge in [-0.3, -0.25) is 4.98 Å². The Hall–Kier alpha value is -1.83. The van der Waals surface area contributed by atoms with Crippen LogP contribution in [0.5, 0.6) is 5.75 Å². The summed E-state index contributed by atoms with van der Waals surface area (Å²) < 4.78 is 5.92. The molecule has 0 bridgehead atoms. The molecule has 0 aliphatic heterocycles. The summed E-state index contributed by atoms with van der Waals surface area (Å²) in [6, 6.07) is 6.30. The minimum absolute atomic E-state index is 0.170. The summed E-state index contributed by atoms with van der Waals surface area (Å²) in [5, 5.41) is 0. The van der Waals surface area contributed by atoms with Crippen LogP contribution < -0.4 is 4.74 Å². The average Bonchev–Trinajstić information content (AvgIpc) is 2.29. The Morgan fingerprint density at radius 1 is 0.900 bits per heavy atom. The van der Waals surface area contributed by atoms with Crippen LogP contribution in [0.1, 0.15) is 37.5 Å². The van der Waals surface area contributed by atoms with Gasteiger partial charge in [0.05, 0.1) is 0 Å². The molecule has 2 rings (SSSR count). The standard InChI is InChI=1S/C18H23NO/c1-12-9-15(20-18(4,5)6)7-8-16(12)17-13(2)10-19-11-14(17)3/h7-11H,1-6H3. The molecule has 106 valence electrons. The Morgan fingerprint density at radius 3 is 2.00 bits per heavy atom. The third-order valence-corrected chi connectivity index (χ3v) is 3.22. The van der Waals surface area contributed by atoms with E-state index in [9.17, 15) is 0 Å². The van der Waals surface area contributed by atoms with Gasteiger partial charge in [0.15, 0.2) is 0 Å². The van der Waals surface area contributed by atoms with Crippen LogP contribution in [0.25, 0.3) is 11.1 Å². The summed E-state index contributed by atoms with van der Waals surface area (Å²) in [7, 11) is 0. The van der Waals surface area contributed by atoms with Crippen LogP contribution in [-0.2, 0) is 0 Å². The lowest BCUT2D eigenvalue weighted by molar-refractivity contribution is 0.131. The molecule has 0 N–H and O–H groups in total. The minimum atomic E-state index is -0.170. The van der Waals surface area contributed by atoms with E-state index in [1.54, 1.807) is 0 Å². The second-order valence-corrected chi connectivity index (χ2v) is 6.34. The summed E-state index contributed by atoms with van der Waals surface area (Å²) in [6.45, 7) is 12.5. The second-order valence-electron chi connectivity index (χ2n) is 6.34. The van der Waals surface area contributed by atoms with E-state index in [0.717, 1.165) is 5.75 Å². The molecule has 0 unspecified atom stereocenters. The lowest BCUT2D eigenvalue weighted by Gasteiger charge is -2.22. The molecule has 0 saturated carbocycles. The maximum absolute atomic E-state index is 5.92. The van der Waals surface area contributed by atoms with Crippen LogP contribution in [0.2, 0.25) is 0 Å². The lowest BCUT2D eigenvalue weighted by Crippen LogP contribution is -2.22. The van der Waals surface area contributed by atoms with Gasteiger partial charge in [-0.15, -0.1) is 0 Å². The zero-order chi connectivity index (χ0) is 14.9. The third kappa shape index (κ3) is 3.19. The zero-order valence-corrected chi connectivity index (χ0v) is 13.2. The zero-order valence-electron chi connectivity index (χ0n) is 13.2. The molecule has 2 heteroatoms. The molecule has 2 aromatic rings. The van der Waals surface area contributed by atoms with Gasteiger partial charge in [0.2, 0.25) is 0 Å². The summed E-state index contributed by atoms with van der Waals surface area (Å²) in [4.78, 5) is 4.24. The molecular weight excluding hydrogens is 246 g/mol. The first kappa shape index (κ1) is 14.6. The molecule has 0 fully saturated rings. The van der Waals surface area contributed by atoms with E-state index in [4.69, 9.17) is 4.74 Å². The molecule has 1 aromatic carbocycles. The van der Waals surface area contributed by atoms with Crippen molar-refractivity contribution >= 4 is 0 Å². The molecule has 2 nitrogen and oxygen atoms in total. The van der Waals surface area contributed by atoms with Gasteiger partial charge in [0.25, 0.3) is 0 Å². The number of aromatic nitrogens is 1. The van der Waals surface area contributed by atoms with Crippen molar-refractivity contribution in [2.24, 2.45) is 0 Å². The number of aryl methyl sites for hydroxylation is 3. The number of rotatable bonds is 2. The SMILES string of the molecule is Cc1cc(OC(C)(C)C)ccc1-c1c(C)cncc1C. The first-order valence-corrected chi connectivity index (χ1v) is 6.99. The number of pyridine rings is 1. The first-order valence-electron chi connectivity index (χ1n) is 6.99. The van der Waals surface area contributed by atoms with Crippen molar-refractivity contribution in [2.75, 3.05) is 0 Å². The highest BCUT2D eigenvalue weighted by atomic mass is 16.5. The summed E-state index contributed by atoms with van der Waals surface area (Å²) in [5.74, 6) is 0.920. The summed E-state index contributed by atoms with van der Waals surface area (Å²) in [6.07, 6.45) is 3.84. The largest absolute Gasteiger partial charge is 0.488 e. The van der Waals surface area contributed by atoms with Crippen LogP contribution in [0.15, 0.2) is 30.6 Å². The van der Waals surface area contributed by atoms with Crippen molar-refractivity contribution in [3.05, 3.63) is 47.3 Å². The maximum Gasteiger partial charge on any atom is 0.120 e. The van der Waals surface area contributed by atoms with E-state index in [0.29, 0.717) is 0 Å². The predicted molar refractivity (Wildman–Crippen MR) is 84.3 cm³/mol. The average molecular weight is 269 g/mol. The molecular formula is C18H23NO. The van der Waals surface area contributed by atoms with Crippen LogP contribution in [0.4, 0.5) is 0 Å². The number of hydrogen-bond donors (Lipinski definition) is 0. The minimum Gasteiger partial charge on any atom is -0.488 e. The Balaban J connectivity index is 2.45. The third-order valence-electron chi connectivity index (χ3n) is 3.22. The van der Waals surface area contributed by atoms with Gasteiger partial charge < -0.3 is 4.74 Å². The Morgan fingerprint density at radius 2 is 1.50 bits per heavy atom. The molecule has 20 heavy (non-hydrogen) atoms. The van der Waals surface area contributed by atoms with Crippen molar-refractivity contribution in [3.63, 3.8) is 0 Å². The molecule has 0 saturated heterocycles. The van der Waals surface area contributed by atoms with Gasteiger partial charge >= 0.3 is 0 Å². The molecule has 0 radical (unpaired) electrons. The van der Waals surface area contributed by atoms with Gasteiger partial charge in [-0.05, 0) is 81.5 Å². The second kappa shape index (κ2) is 5.28. The number of ether oxygens (including phenoxy) is 1. The quantitative estimate of drug-likeness (QED) is 0.777. The fraction of sp³-hybridized carbons (Fsp3) is 0.389. The first-order chi connectivity index (χ1) is 9.28. The molecule has 1 heterocycles. The molecule has 0 spiro atoms. The van der Waals surface area contributed by atoms with Gasteiger partial charge in [-0.25, -0.2) is 0 Å². The van der Waals surface area contributed by atoms with Crippen molar-refractivity contribution in [3.8, 4) is 16.9 Å². The summed E-state index contributed by atoms with van der Waals surface area (Å²) >= 11 is 0. The fourth-order valence-electron chi connectivity index (χ4n) is 2.46. The fourth-order valence-corrected chi connectivity index (χ4v) is 2.46. The van der Waals surface area contributed by atoms with Crippen molar-refractivity contribution in [2.45, 2.75) is 47.1 Å². The monoisotopic (exact) mass is 269 g/mol. The molecule has 0 aliphatic carbocycles. The highest BCUT2D eigenvalue weighted by Crippen LogP contribution is 2.32. The Labute approximate surface area is 121 Å². The van der Waals surface area contributed by atoms with Crippen molar-refractivity contribution in [1.82, 2.24) is 4.98 Å². The molecule has 1 aromatic heterocycles. The van der Waals surface area contributed by atoms with E-state index in [-0.39, 0.29) is 5.60 Å². The van der Waals surface area contributed by atoms with Crippen LogP contribution >= 0.6 is 0 Å². The maximum atomic E-state index is 5.92. The van der Waals surface area contributed by atoms with E-state index >= 15 is 0 Å². The normalized spacial score (nSPS) is 11.5. The highest BCUT2D eigenvalue weighted by Gasteiger charge is 2.14. The Bertz CT molecular complexity index is 604. The molecule has 0 atom stereocenters. The van der Waals surface area contributed by atoms with Gasteiger partial charge in [0.1, 0.15) is 11.4 Å². The van der Waals surface area contributed by atoms with Crippen molar-refractivity contribution < 1.29 is 4.74 Å². The number of benzene rings is 1. The molecule has 0 aliphatic rings. The topological polar surface area (TPSA) is 22.1 Å². The smallest absolute Gasteiger partial charge is 0.120 e. The van der Waals surface area contributed by atoms with E-state index in [2.05, 4.69) is 58.7 Å². The van der Waals surface area contributed by atoms with Crippen molar-refractivity contribution in [1.29, 1.82) is 0 Å². The number of nitrogens with zero attached hydrogens (tertiary/aromatic N) is 1. The number of hydrogen-bond acceptors (Lipinski definition) is 2. The lowest BCUT2D eigenvalue weighted by atomic mass is 9.94. The van der Waals surface area contributed by atoms with E-state index in [1.807, 2.05) is 18.5 Å². The van der Waals surface area contributed by atoms with Crippen LogP contribution in [0, 0.1) is 20.8 Å². The summed E-state index contributed by atoms with van der Waals surface area (Å²) in [5.41, 5.74) is 6.00. The van der Waals surface area contributed by atoms with Gasteiger partial charge in [-0.2, -0.15) is 0 Å². The highest BCUT2D eigenvalue weighted by molar-refractivity contribution is 5.73.